The maximum atomic E-state index is 12.8. The van der Waals surface area contributed by atoms with Crippen LogP contribution in [0.2, 0.25) is 0 Å². The minimum atomic E-state index is -0.490. The van der Waals surface area contributed by atoms with Crippen molar-refractivity contribution in [1.82, 2.24) is 10.3 Å². The van der Waals surface area contributed by atoms with Gasteiger partial charge in [-0.15, -0.1) is 0 Å². The third kappa shape index (κ3) is 4.11. The van der Waals surface area contributed by atoms with Crippen molar-refractivity contribution in [1.29, 1.82) is 0 Å². The molecule has 1 amide bonds. The van der Waals surface area contributed by atoms with Crippen molar-refractivity contribution in [2.24, 2.45) is 0 Å². The second-order valence-electron chi connectivity index (χ2n) is 6.38. The number of esters is 1. The minimum absolute atomic E-state index is 0.0104. The molecular weight excluding hydrogens is 362 g/mol. The van der Waals surface area contributed by atoms with Crippen molar-refractivity contribution in [2.75, 3.05) is 19.1 Å². The standard InChI is InChI=1S/C20H21N3O5/c1-13-19(22-28-20(13)16-9-10-27-21-16)14(12-18(25)26-3)11-17(24)23(2)15-7-5-4-6-8-15/h4-10,14H,11-12H2,1-3H3/t14-/m0/s1. The number of para-hydroxylation sites is 1. The quantitative estimate of drug-likeness (QED) is 0.577. The maximum Gasteiger partial charge on any atom is 0.306 e. The first kappa shape index (κ1) is 19.3. The Kier molecular flexibility index (Phi) is 5.88. The molecule has 146 valence electrons. The Balaban J connectivity index is 1.85. The van der Waals surface area contributed by atoms with Gasteiger partial charge in [-0.2, -0.15) is 0 Å². The van der Waals surface area contributed by atoms with Crippen LogP contribution in [-0.2, 0) is 14.3 Å². The summed E-state index contributed by atoms with van der Waals surface area (Å²) in [7, 11) is 3.01. The van der Waals surface area contributed by atoms with E-state index in [1.165, 1.54) is 13.4 Å². The first-order valence-electron chi connectivity index (χ1n) is 8.76. The summed E-state index contributed by atoms with van der Waals surface area (Å²) in [5.74, 6) is -0.617. The average Bonchev–Trinajstić information content (AvgIpc) is 3.36. The SMILES string of the molecule is COC(=O)C[C@H](CC(=O)N(C)c1ccccc1)c1noc(-c2ccon2)c1C. The van der Waals surface area contributed by atoms with Crippen LogP contribution in [0.5, 0.6) is 0 Å². The van der Waals surface area contributed by atoms with Crippen molar-refractivity contribution in [3.05, 3.63) is 53.9 Å². The molecule has 0 aliphatic rings. The molecule has 28 heavy (non-hydrogen) atoms. The van der Waals surface area contributed by atoms with Crippen LogP contribution in [0.3, 0.4) is 0 Å². The zero-order valence-electron chi connectivity index (χ0n) is 15.9. The van der Waals surface area contributed by atoms with E-state index in [2.05, 4.69) is 10.3 Å². The molecule has 0 fully saturated rings. The monoisotopic (exact) mass is 383 g/mol. The van der Waals surface area contributed by atoms with Gasteiger partial charge in [-0.3, -0.25) is 9.59 Å². The topological polar surface area (TPSA) is 98.7 Å². The Morgan fingerprint density at radius 1 is 1.14 bits per heavy atom. The molecule has 0 radical (unpaired) electrons. The summed E-state index contributed by atoms with van der Waals surface area (Å²) < 4.78 is 15.1. The van der Waals surface area contributed by atoms with Crippen molar-refractivity contribution < 1.29 is 23.4 Å². The van der Waals surface area contributed by atoms with Crippen LogP contribution in [0.15, 0.2) is 51.7 Å². The number of aromatic nitrogens is 2. The predicted molar refractivity (Wildman–Crippen MR) is 101 cm³/mol. The number of rotatable bonds is 7. The van der Waals surface area contributed by atoms with Gasteiger partial charge >= 0.3 is 5.97 Å². The lowest BCUT2D eigenvalue weighted by Crippen LogP contribution is -2.28. The van der Waals surface area contributed by atoms with Gasteiger partial charge in [-0.1, -0.05) is 28.5 Å². The van der Waals surface area contributed by atoms with Crippen molar-refractivity contribution in [3.63, 3.8) is 0 Å². The van der Waals surface area contributed by atoms with Crippen LogP contribution in [0.25, 0.3) is 11.5 Å². The number of carbonyl (C=O) groups is 2. The van der Waals surface area contributed by atoms with Crippen LogP contribution >= 0.6 is 0 Å². The van der Waals surface area contributed by atoms with E-state index in [0.29, 0.717) is 22.7 Å². The Morgan fingerprint density at radius 3 is 2.54 bits per heavy atom. The number of hydrogen-bond donors (Lipinski definition) is 0. The molecule has 0 spiro atoms. The van der Waals surface area contributed by atoms with Gasteiger partial charge in [0, 0.05) is 36.7 Å². The van der Waals surface area contributed by atoms with Crippen LogP contribution in [0, 0.1) is 6.92 Å². The zero-order chi connectivity index (χ0) is 20.1. The molecule has 2 aromatic heterocycles. The summed E-state index contributed by atoms with van der Waals surface area (Å²) in [5.41, 5.74) is 2.50. The zero-order valence-corrected chi connectivity index (χ0v) is 15.9. The lowest BCUT2D eigenvalue weighted by molar-refractivity contribution is -0.141. The van der Waals surface area contributed by atoms with Crippen molar-refractivity contribution in [3.8, 4) is 11.5 Å². The first-order valence-corrected chi connectivity index (χ1v) is 8.76. The molecule has 8 heteroatoms. The fourth-order valence-corrected chi connectivity index (χ4v) is 2.99. The van der Waals surface area contributed by atoms with E-state index in [4.69, 9.17) is 13.8 Å². The molecular formula is C20H21N3O5. The molecule has 0 N–H and O–H groups in total. The van der Waals surface area contributed by atoms with Gasteiger partial charge in [-0.05, 0) is 19.1 Å². The molecule has 1 aromatic carbocycles. The maximum absolute atomic E-state index is 12.8. The first-order chi connectivity index (χ1) is 13.5. The minimum Gasteiger partial charge on any atom is -0.469 e. The van der Waals surface area contributed by atoms with Gasteiger partial charge in [0.05, 0.1) is 19.2 Å². The fourth-order valence-electron chi connectivity index (χ4n) is 2.99. The van der Waals surface area contributed by atoms with Gasteiger partial charge in [0.2, 0.25) is 5.91 Å². The molecule has 0 saturated carbocycles. The summed E-state index contributed by atoms with van der Waals surface area (Å²) in [5, 5.41) is 7.96. The highest BCUT2D eigenvalue weighted by Crippen LogP contribution is 2.33. The number of amides is 1. The van der Waals surface area contributed by atoms with Gasteiger partial charge < -0.3 is 18.7 Å². The molecule has 8 nitrogen and oxygen atoms in total. The van der Waals surface area contributed by atoms with E-state index < -0.39 is 11.9 Å². The van der Waals surface area contributed by atoms with Crippen molar-refractivity contribution >= 4 is 17.6 Å². The van der Waals surface area contributed by atoms with Gasteiger partial charge in [-0.25, -0.2) is 0 Å². The normalized spacial score (nSPS) is 11.8. The molecule has 0 aliphatic carbocycles. The molecule has 0 unspecified atom stereocenters. The molecule has 2 heterocycles. The molecule has 1 atom stereocenters. The third-order valence-electron chi connectivity index (χ3n) is 4.60. The van der Waals surface area contributed by atoms with E-state index in [-0.39, 0.29) is 18.7 Å². The summed E-state index contributed by atoms with van der Waals surface area (Å²) in [6.45, 7) is 1.81. The smallest absolute Gasteiger partial charge is 0.306 e. The van der Waals surface area contributed by atoms with E-state index in [1.807, 2.05) is 37.3 Å². The van der Waals surface area contributed by atoms with Gasteiger partial charge in [0.25, 0.3) is 0 Å². The second-order valence-corrected chi connectivity index (χ2v) is 6.38. The number of benzene rings is 1. The largest absolute Gasteiger partial charge is 0.469 e. The van der Waals surface area contributed by atoms with E-state index >= 15 is 0 Å². The summed E-state index contributed by atoms with van der Waals surface area (Å²) in [4.78, 5) is 26.3. The number of carbonyl (C=O) groups excluding carboxylic acids is 2. The number of anilines is 1. The molecule has 3 rings (SSSR count). The van der Waals surface area contributed by atoms with Crippen LogP contribution in [0.1, 0.15) is 30.0 Å². The molecule has 3 aromatic rings. The molecule has 0 bridgehead atoms. The molecule has 0 aliphatic heterocycles. The number of ether oxygens (including phenoxy) is 1. The lowest BCUT2D eigenvalue weighted by Gasteiger charge is -2.20. The van der Waals surface area contributed by atoms with Crippen molar-refractivity contribution in [2.45, 2.75) is 25.7 Å². The highest BCUT2D eigenvalue weighted by Gasteiger charge is 2.28. The Bertz CT molecular complexity index is 934. The van der Waals surface area contributed by atoms with E-state index in [0.717, 1.165) is 5.69 Å². The number of hydrogen-bond acceptors (Lipinski definition) is 7. The predicted octanol–water partition coefficient (Wildman–Crippen LogP) is 3.34. The Hall–Kier alpha value is -3.42. The van der Waals surface area contributed by atoms with E-state index in [1.54, 1.807) is 18.0 Å². The third-order valence-corrected chi connectivity index (χ3v) is 4.60. The summed E-state index contributed by atoms with van der Waals surface area (Å²) in [6, 6.07) is 10.9. The van der Waals surface area contributed by atoms with Gasteiger partial charge in [0.15, 0.2) is 11.5 Å². The fraction of sp³-hybridized carbons (Fsp3) is 0.300. The van der Waals surface area contributed by atoms with Crippen LogP contribution in [0.4, 0.5) is 5.69 Å². The number of nitrogens with zero attached hydrogens (tertiary/aromatic N) is 3. The average molecular weight is 383 g/mol. The van der Waals surface area contributed by atoms with Crippen LogP contribution in [-0.4, -0.2) is 36.3 Å². The summed E-state index contributed by atoms with van der Waals surface area (Å²) >= 11 is 0. The van der Waals surface area contributed by atoms with E-state index in [9.17, 15) is 9.59 Å². The molecule has 0 saturated heterocycles. The second kappa shape index (κ2) is 8.51. The summed E-state index contributed by atoms with van der Waals surface area (Å²) in [6.07, 6.45) is 1.52. The Labute approximate surface area is 162 Å². The van der Waals surface area contributed by atoms with Crippen LogP contribution < -0.4 is 4.90 Å². The lowest BCUT2D eigenvalue weighted by atomic mass is 9.93. The number of methoxy groups -OCH3 is 1. The highest BCUT2D eigenvalue weighted by atomic mass is 16.5. The highest BCUT2D eigenvalue weighted by molar-refractivity contribution is 5.93. The van der Waals surface area contributed by atoms with Gasteiger partial charge in [0.1, 0.15) is 6.26 Å². The Morgan fingerprint density at radius 2 is 1.89 bits per heavy atom.